The van der Waals surface area contributed by atoms with Crippen molar-refractivity contribution in [1.29, 1.82) is 0 Å². The summed E-state index contributed by atoms with van der Waals surface area (Å²) in [6.45, 7) is 0.737. The van der Waals surface area contributed by atoms with Crippen LogP contribution >= 0.6 is 0 Å². The lowest BCUT2D eigenvalue weighted by atomic mass is 10.0. The van der Waals surface area contributed by atoms with E-state index in [0.717, 1.165) is 12.2 Å². The molecule has 0 spiro atoms. The minimum atomic E-state index is -3.62. The van der Waals surface area contributed by atoms with Gasteiger partial charge in [-0.1, -0.05) is 24.3 Å². The van der Waals surface area contributed by atoms with Crippen LogP contribution in [0, 0.1) is 0 Å². The van der Waals surface area contributed by atoms with Crippen molar-refractivity contribution >= 4 is 15.7 Å². The molecule has 0 atom stereocenters. The highest BCUT2D eigenvalue weighted by Crippen LogP contribution is 2.41. The maximum atomic E-state index is 11.2. The number of rotatable bonds is 5. The van der Waals surface area contributed by atoms with Gasteiger partial charge in [-0.2, -0.15) is 0 Å². The zero-order valence-corrected chi connectivity index (χ0v) is 12.4. The first kappa shape index (κ1) is 14.1. The zero-order valence-electron chi connectivity index (χ0n) is 11.6. The van der Waals surface area contributed by atoms with E-state index in [-0.39, 0.29) is 4.90 Å². The fourth-order valence-electron chi connectivity index (χ4n) is 2.45. The molecule has 0 bridgehead atoms. The van der Waals surface area contributed by atoms with Crippen LogP contribution in [0.2, 0.25) is 0 Å². The third-order valence-corrected chi connectivity index (χ3v) is 4.67. The normalized spacial score (nSPS) is 14.9. The average molecular weight is 302 g/mol. The first-order chi connectivity index (χ1) is 10.0. The van der Waals surface area contributed by atoms with Crippen LogP contribution in [-0.2, 0) is 16.6 Å². The molecule has 1 aliphatic rings. The van der Waals surface area contributed by atoms with Crippen molar-refractivity contribution in [3.63, 3.8) is 0 Å². The SMILES string of the molecule is NS(=O)(=O)c1ccc(NCc2ccccc2C2CC2)cc1. The molecule has 0 aromatic heterocycles. The molecule has 2 aromatic carbocycles. The number of nitrogens with one attached hydrogen (secondary N) is 1. The lowest BCUT2D eigenvalue weighted by Gasteiger charge is -2.11. The van der Waals surface area contributed by atoms with Crippen molar-refractivity contribution in [3.05, 3.63) is 59.7 Å². The number of nitrogens with two attached hydrogens (primary N) is 1. The number of primary sulfonamides is 1. The summed E-state index contributed by atoms with van der Waals surface area (Å²) in [5.74, 6) is 0.716. The molecule has 0 unspecified atom stereocenters. The molecule has 0 radical (unpaired) electrons. The Morgan fingerprint density at radius 3 is 2.33 bits per heavy atom. The van der Waals surface area contributed by atoms with E-state index in [4.69, 9.17) is 5.14 Å². The molecule has 2 aromatic rings. The topological polar surface area (TPSA) is 72.2 Å². The van der Waals surface area contributed by atoms with Crippen LogP contribution in [0.25, 0.3) is 0 Å². The molecule has 4 nitrogen and oxygen atoms in total. The quantitative estimate of drug-likeness (QED) is 0.892. The van der Waals surface area contributed by atoms with Crippen molar-refractivity contribution in [3.8, 4) is 0 Å². The van der Waals surface area contributed by atoms with Gasteiger partial charge in [0.15, 0.2) is 0 Å². The Kier molecular flexibility index (Phi) is 3.69. The maximum Gasteiger partial charge on any atom is 0.238 e. The van der Waals surface area contributed by atoms with Gasteiger partial charge in [-0.05, 0) is 54.2 Å². The highest BCUT2D eigenvalue weighted by atomic mass is 32.2. The molecule has 21 heavy (non-hydrogen) atoms. The number of hydrogen-bond acceptors (Lipinski definition) is 3. The minimum absolute atomic E-state index is 0.131. The molecule has 1 saturated carbocycles. The largest absolute Gasteiger partial charge is 0.381 e. The molecular weight excluding hydrogens is 284 g/mol. The Hall–Kier alpha value is -1.85. The predicted molar refractivity (Wildman–Crippen MR) is 83.6 cm³/mol. The van der Waals surface area contributed by atoms with Crippen molar-refractivity contribution in [2.24, 2.45) is 5.14 Å². The average Bonchev–Trinajstić information content (AvgIpc) is 3.29. The third kappa shape index (κ3) is 3.43. The smallest absolute Gasteiger partial charge is 0.238 e. The van der Waals surface area contributed by atoms with Crippen LogP contribution in [0.3, 0.4) is 0 Å². The summed E-state index contributed by atoms with van der Waals surface area (Å²) in [6.07, 6.45) is 2.56. The third-order valence-electron chi connectivity index (χ3n) is 3.74. The summed E-state index contributed by atoms with van der Waals surface area (Å²) >= 11 is 0. The van der Waals surface area contributed by atoms with Crippen molar-refractivity contribution in [1.82, 2.24) is 0 Å². The van der Waals surface area contributed by atoms with Crippen LogP contribution in [0.15, 0.2) is 53.4 Å². The van der Waals surface area contributed by atoms with E-state index in [9.17, 15) is 8.42 Å². The summed E-state index contributed by atoms with van der Waals surface area (Å²) in [6, 6.07) is 15.0. The maximum absolute atomic E-state index is 11.2. The van der Waals surface area contributed by atoms with E-state index < -0.39 is 10.0 Å². The van der Waals surface area contributed by atoms with Crippen LogP contribution < -0.4 is 10.5 Å². The Bertz CT molecular complexity index is 735. The number of sulfonamides is 1. The Morgan fingerprint density at radius 2 is 1.71 bits per heavy atom. The molecule has 1 fully saturated rings. The first-order valence-corrected chi connectivity index (χ1v) is 8.53. The van der Waals surface area contributed by atoms with E-state index in [0.29, 0.717) is 5.92 Å². The summed E-state index contributed by atoms with van der Waals surface area (Å²) in [5.41, 5.74) is 3.61. The van der Waals surface area contributed by atoms with Crippen LogP contribution in [0.1, 0.15) is 29.9 Å². The highest BCUT2D eigenvalue weighted by molar-refractivity contribution is 7.89. The predicted octanol–water partition coefficient (Wildman–Crippen LogP) is 2.82. The van der Waals surface area contributed by atoms with E-state index in [1.165, 1.54) is 36.1 Å². The fourth-order valence-corrected chi connectivity index (χ4v) is 2.96. The molecule has 0 saturated heterocycles. The van der Waals surface area contributed by atoms with Gasteiger partial charge in [0.25, 0.3) is 0 Å². The molecule has 3 rings (SSSR count). The van der Waals surface area contributed by atoms with Gasteiger partial charge >= 0.3 is 0 Å². The summed E-state index contributed by atoms with van der Waals surface area (Å²) in [4.78, 5) is 0.131. The lowest BCUT2D eigenvalue weighted by Crippen LogP contribution is -2.12. The van der Waals surface area contributed by atoms with Gasteiger partial charge < -0.3 is 5.32 Å². The van der Waals surface area contributed by atoms with Gasteiger partial charge in [0.05, 0.1) is 4.90 Å². The lowest BCUT2D eigenvalue weighted by molar-refractivity contribution is 0.598. The highest BCUT2D eigenvalue weighted by Gasteiger charge is 2.25. The number of hydrogen-bond donors (Lipinski definition) is 2. The van der Waals surface area contributed by atoms with Gasteiger partial charge in [0.2, 0.25) is 10.0 Å². The number of anilines is 1. The van der Waals surface area contributed by atoms with Gasteiger partial charge in [-0.25, -0.2) is 13.6 Å². The molecular formula is C16H18N2O2S. The Labute approximate surface area is 125 Å². The van der Waals surface area contributed by atoms with Crippen molar-refractivity contribution in [2.75, 3.05) is 5.32 Å². The second kappa shape index (κ2) is 5.50. The molecule has 110 valence electrons. The van der Waals surface area contributed by atoms with E-state index in [1.807, 2.05) is 6.07 Å². The molecule has 3 N–H and O–H groups in total. The Morgan fingerprint density at radius 1 is 1.05 bits per heavy atom. The second-order valence-electron chi connectivity index (χ2n) is 5.40. The monoisotopic (exact) mass is 302 g/mol. The van der Waals surface area contributed by atoms with Gasteiger partial charge in [-0.3, -0.25) is 0 Å². The minimum Gasteiger partial charge on any atom is -0.381 e. The summed E-state index contributed by atoms with van der Waals surface area (Å²) in [5, 5.41) is 8.41. The van der Waals surface area contributed by atoms with Crippen molar-refractivity contribution < 1.29 is 8.42 Å². The van der Waals surface area contributed by atoms with Crippen LogP contribution in [0.4, 0.5) is 5.69 Å². The summed E-state index contributed by atoms with van der Waals surface area (Å²) < 4.78 is 22.4. The van der Waals surface area contributed by atoms with Crippen LogP contribution in [-0.4, -0.2) is 8.42 Å². The van der Waals surface area contributed by atoms with Crippen LogP contribution in [0.5, 0.6) is 0 Å². The Balaban J connectivity index is 1.71. The van der Waals surface area contributed by atoms with E-state index in [2.05, 4.69) is 23.5 Å². The first-order valence-electron chi connectivity index (χ1n) is 6.98. The molecule has 1 aliphatic carbocycles. The standard InChI is InChI=1S/C16H18N2O2S/c17-21(19,20)15-9-7-14(8-10-15)18-11-13-3-1-2-4-16(13)12-5-6-12/h1-4,7-10,12,18H,5-6,11H2,(H2,17,19,20). The van der Waals surface area contributed by atoms with E-state index >= 15 is 0 Å². The van der Waals surface area contributed by atoms with Gasteiger partial charge in [0, 0.05) is 12.2 Å². The van der Waals surface area contributed by atoms with Gasteiger partial charge in [0.1, 0.15) is 0 Å². The summed E-state index contributed by atoms with van der Waals surface area (Å²) in [7, 11) is -3.62. The molecule has 0 aliphatic heterocycles. The number of benzene rings is 2. The fraction of sp³-hybridized carbons (Fsp3) is 0.250. The van der Waals surface area contributed by atoms with E-state index in [1.54, 1.807) is 12.1 Å². The zero-order chi connectivity index (χ0) is 14.9. The molecule has 0 heterocycles. The van der Waals surface area contributed by atoms with Crippen molar-refractivity contribution in [2.45, 2.75) is 30.2 Å². The second-order valence-corrected chi connectivity index (χ2v) is 6.96. The molecule has 5 heteroatoms. The molecule has 0 amide bonds. The van der Waals surface area contributed by atoms with Gasteiger partial charge in [-0.15, -0.1) is 0 Å².